The smallest absolute Gasteiger partial charge is 0.316 e. The van der Waals surface area contributed by atoms with Crippen LogP contribution in [0.25, 0.3) is 11.0 Å². The second-order valence-corrected chi connectivity index (χ2v) is 8.83. The lowest BCUT2D eigenvalue weighted by molar-refractivity contribution is -0.174. The fraction of sp³-hybridized carbons (Fsp3) is 0.619. The Hall–Kier alpha value is -2.00. The molecule has 1 aromatic carbocycles. The molecule has 1 aromatic heterocycles. The highest BCUT2D eigenvalue weighted by Gasteiger charge is 2.49. The predicted octanol–water partition coefficient (Wildman–Crippen LogP) is 1.98. The van der Waals surface area contributed by atoms with Crippen LogP contribution in [0.5, 0.6) is 0 Å². The summed E-state index contributed by atoms with van der Waals surface area (Å²) in [6, 6.07) is 3.79. The summed E-state index contributed by atoms with van der Waals surface area (Å²) >= 11 is 0. The monoisotopic (exact) mass is 404 g/mol. The van der Waals surface area contributed by atoms with Crippen molar-refractivity contribution in [3.8, 4) is 0 Å². The lowest BCUT2D eigenvalue weighted by Crippen LogP contribution is -2.44. The molecular weight excluding hydrogens is 376 g/mol. The van der Waals surface area contributed by atoms with E-state index in [0.717, 1.165) is 11.1 Å². The third kappa shape index (κ3) is 3.77. The third-order valence-electron chi connectivity index (χ3n) is 5.57. The summed E-state index contributed by atoms with van der Waals surface area (Å²) in [7, 11) is 0. The van der Waals surface area contributed by atoms with Crippen LogP contribution < -0.4 is 11.1 Å². The fourth-order valence-corrected chi connectivity index (χ4v) is 4.09. The molecule has 0 spiro atoms. The predicted molar refractivity (Wildman–Crippen MR) is 107 cm³/mol. The van der Waals surface area contributed by atoms with Gasteiger partial charge < -0.3 is 23.9 Å². The summed E-state index contributed by atoms with van der Waals surface area (Å²) in [5.41, 5.74) is 2.08. The second kappa shape index (κ2) is 6.77. The summed E-state index contributed by atoms with van der Waals surface area (Å²) in [4.78, 5) is 27.7. The first-order valence-electron chi connectivity index (χ1n) is 9.87. The normalized spacial score (nSPS) is 28.3. The van der Waals surface area contributed by atoms with E-state index in [1.54, 1.807) is 0 Å². The number of benzene rings is 1. The number of H-pyrrole nitrogens is 1. The number of aromatic nitrogens is 2. The van der Waals surface area contributed by atoms with Gasteiger partial charge >= 0.3 is 11.1 Å². The van der Waals surface area contributed by atoms with E-state index >= 15 is 0 Å². The molecule has 4 rings (SSSR count). The average molecular weight is 404 g/mol. The maximum absolute atomic E-state index is 12.7. The minimum atomic E-state index is -0.835. The van der Waals surface area contributed by atoms with E-state index in [1.165, 1.54) is 4.57 Å². The van der Waals surface area contributed by atoms with Gasteiger partial charge in [0.1, 0.15) is 18.3 Å². The first kappa shape index (κ1) is 20.3. The largest absolute Gasteiger partial charge is 0.348 e. The van der Waals surface area contributed by atoms with E-state index in [9.17, 15) is 9.59 Å². The number of nitrogens with one attached hydrogen (secondary N) is 1. The van der Waals surface area contributed by atoms with Crippen LogP contribution in [0.2, 0.25) is 0 Å². The van der Waals surface area contributed by atoms with Crippen LogP contribution in [0.4, 0.5) is 0 Å². The molecule has 0 radical (unpaired) electrons. The first-order valence-corrected chi connectivity index (χ1v) is 9.87. The molecule has 29 heavy (non-hydrogen) atoms. The number of hydrogen-bond donors (Lipinski definition) is 1. The molecule has 2 aromatic rings. The van der Waals surface area contributed by atoms with Crippen LogP contribution in [-0.4, -0.2) is 46.0 Å². The molecule has 0 bridgehead atoms. The summed E-state index contributed by atoms with van der Waals surface area (Å²) < 4.78 is 25.4. The Morgan fingerprint density at radius 2 is 1.72 bits per heavy atom. The molecule has 1 N–H and O–H groups in total. The number of ether oxygens (including phenoxy) is 4. The van der Waals surface area contributed by atoms with Crippen molar-refractivity contribution in [3.05, 3.63) is 44.0 Å². The highest BCUT2D eigenvalue weighted by atomic mass is 16.8. The molecular formula is C21H28N2O6. The minimum absolute atomic E-state index is 0.177. The van der Waals surface area contributed by atoms with E-state index in [-0.39, 0.29) is 12.6 Å². The van der Waals surface area contributed by atoms with Gasteiger partial charge in [-0.2, -0.15) is 0 Å². The van der Waals surface area contributed by atoms with Crippen molar-refractivity contribution in [1.29, 1.82) is 0 Å². The molecule has 2 saturated heterocycles. The molecule has 158 valence electrons. The van der Waals surface area contributed by atoms with E-state index in [4.69, 9.17) is 18.9 Å². The summed E-state index contributed by atoms with van der Waals surface area (Å²) in [6.45, 7) is 11.8. The van der Waals surface area contributed by atoms with Gasteiger partial charge in [-0.1, -0.05) is 0 Å². The quantitative estimate of drug-likeness (QED) is 0.787. The highest BCUT2D eigenvalue weighted by Crippen LogP contribution is 2.36. The Labute approximate surface area is 168 Å². The summed E-state index contributed by atoms with van der Waals surface area (Å²) in [6.07, 6.45) is -1.24. The number of rotatable bonds is 3. The molecule has 0 unspecified atom stereocenters. The zero-order valence-corrected chi connectivity index (χ0v) is 17.7. The van der Waals surface area contributed by atoms with Crippen LogP contribution in [0, 0.1) is 13.8 Å². The van der Waals surface area contributed by atoms with Crippen molar-refractivity contribution in [2.75, 3.05) is 6.61 Å². The first-order chi connectivity index (χ1) is 13.5. The van der Waals surface area contributed by atoms with Gasteiger partial charge in [-0.25, -0.2) is 0 Å². The van der Waals surface area contributed by atoms with Gasteiger partial charge in [0.05, 0.1) is 24.2 Å². The number of nitrogens with zero attached hydrogens (tertiary/aromatic N) is 1. The lowest BCUT2D eigenvalue weighted by atomic mass is 10.1. The average Bonchev–Trinajstić information content (AvgIpc) is 3.12. The number of fused-ring (bicyclic) bond motifs is 1. The van der Waals surface area contributed by atoms with Crippen molar-refractivity contribution in [2.45, 2.75) is 78.0 Å². The van der Waals surface area contributed by atoms with Crippen LogP contribution in [0.15, 0.2) is 21.7 Å². The molecule has 3 heterocycles. The Morgan fingerprint density at radius 3 is 2.38 bits per heavy atom. The van der Waals surface area contributed by atoms with Crippen molar-refractivity contribution in [3.63, 3.8) is 0 Å². The Kier molecular flexibility index (Phi) is 4.73. The van der Waals surface area contributed by atoms with Gasteiger partial charge in [0.25, 0.3) is 0 Å². The number of aryl methyl sites for hydroxylation is 2. The number of aromatic amines is 1. The van der Waals surface area contributed by atoms with E-state index in [0.29, 0.717) is 17.6 Å². The van der Waals surface area contributed by atoms with Crippen molar-refractivity contribution in [1.82, 2.24) is 9.55 Å². The van der Waals surface area contributed by atoms with Gasteiger partial charge in [0, 0.05) is 0 Å². The fourth-order valence-electron chi connectivity index (χ4n) is 4.09. The van der Waals surface area contributed by atoms with Crippen LogP contribution in [0.1, 0.15) is 38.8 Å². The molecule has 8 nitrogen and oxygen atoms in total. The van der Waals surface area contributed by atoms with Gasteiger partial charge in [0.2, 0.25) is 0 Å². The standard InChI is InChI=1S/C21H28N2O6/c1-11-7-13-14(8-12(11)2)23(19(25)18(24)22-13)9-15-17(29-21(5,6)27-15)16-10-26-20(3,4)28-16/h7-8,15-17H,9-10H2,1-6H3,(H,22,24)/t15-,16+,17-/m0/s1. The Bertz CT molecular complexity index is 1070. The van der Waals surface area contributed by atoms with Crippen molar-refractivity contribution in [2.24, 2.45) is 0 Å². The molecule has 3 atom stereocenters. The molecule has 8 heteroatoms. The molecule has 2 aliphatic rings. The summed E-state index contributed by atoms with van der Waals surface area (Å²) in [5.74, 6) is -1.54. The van der Waals surface area contributed by atoms with E-state index in [2.05, 4.69) is 4.98 Å². The highest BCUT2D eigenvalue weighted by molar-refractivity contribution is 5.76. The van der Waals surface area contributed by atoms with Gasteiger partial charge in [-0.3, -0.25) is 14.2 Å². The van der Waals surface area contributed by atoms with Gasteiger partial charge in [-0.15, -0.1) is 0 Å². The summed E-state index contributed by atoms with van der Waals surface area (Å²) in [5, 5.41) is 0. The minimum Gasteiger partial charge on any atom is -0.348 e. The van der Waals surface area contributed by atoms with E-state index in [1.807, 2.05) is 53.7 Å². The molecule has 0 aliphatic carbocycles. The zero-order chi connectivity index (χ0) is 21.1. The van der Waals surface area contributed by atoms with Crippen molar-refractivity contribution < 1.29 is 18.9 Å². The third-order valence-corrected chi connectivity index (χ3v) is 5.57. The Morgan fingerprint density at radius 1 is 1.03 bits per heavy atom. The molecule has 0 amide bonds. The van der Waals surface area contributed by atoms with Crippen molar-refractivity contribution >= 4 is 11.0 Å². The maximum atomic E-state index is 12.7. The lowest BCUT2D eigenvalue weighted by Gasteiger charge is -2.24. The van der Waals surface area contributed by atoms with E-state index < -0.39 is 34.9 Å². The van der Waals surface area contributed by atoms with Crippen LogP contribution in [-0.2, 0) is 25.5 Å². The second-order valence-electron chi connectivity index (χ2n) is 8.83. The molecule has 0 saturated carbocycles. The Balaban J connectivity index is 1.75. The SMILES string of the molecule is Cc1cc2[nH]c(=O)c(=O)n(C[C@@H]3OC(C)(C)O[C@@H]3[C@H]3COC(C)(C)O3)c2cc1C. The van der Waals surface area contributed by atoms with Crippen LogP contribution >= 0.6 is 0 Å². The van der Waals surface area contributed by atoms with Gasteiger partial charge in [0.15, 0.2) is 11.6 Å². The van der Waals surface area contributed by atoms with Gasteiger partial charge in [-0.05, 0) is 64.8 Å². The molecule has 2 fully saturated rings. The topological polar surface area (TPSA) is 91.8 Å². The van der Waals surface area contributed by atoms with Crippen LogP contribution in [0.3, 0.4) is 0 Å². The molecule has 2 aliphatic heterocycles. The maximum Gasteiger partial charge on any atom is 0.316 e. The zero-order valence-electron chi connectivity index (χ0n) is 17.7. The number of hydrogen-bond acceptors (Lipinski definition) is 6.